The Morgan fingerprint density at radius 2 is 0.750 bits per heavy atom. The maximum absolute atomic E-state index is 12.5. The van der Waals surface area contributed by atoms with E-state index in [1.807, 2.05) is 0 Å². The standard InChI is InChI=1S/C52H48N14O16S2/c1-25-9-33-17-39(83(73,74)75)19-41(43(33)47(67)45(25)65-63-37-13-29(21-79-69)11-30(14-37)22-80-70)59-51-55-27(3)53-49(61-51)57-35-5-7-36(8-6-35)58-50-54-28(4)56-52(62-50)60-42-20-40(84(76,77)78)18-34-10-26(2)46(48(68)44(34)42)66-64-38-15-31(23-81-71)12-32(16-38)24-82-72/h5-20,67-72H,21-24H2,1-4H3,(H,73,74,75)(H,76,77,78)(H2,53,55,57,59,61)(H2,54,56,58,60,62). The summed E-state index contributed by atoms with van der Waals surface area (Å²) in [4.78, 5) is 42.4. The van der Waals surface area contributed by atoms with E-state index in [1.54, 1.807) is 64.1 Å². The molecule has 0 saturated heterocycles. The summed E-state index contributed by atoms with van der Waals surface area (Å²) in [6.45, 7) is 5.47. The van der Waals surface area contributed by atoms with Gasteiger partial charge in [0.15, 0.2) is 11.5 Å². The highest BCUT2D eigenvalue weighted by Gasteiger charge is 2.23. The average molecular weight is 1190 g/mol. The van der Waals surface area contributed by atoms with Crippen molar-refractivity contribution in [2.75, 3.05) is 21.3 Å². The maximum Gasteiger partial charge on any atom is 0.294 e. The molecule has 84 heavy (non-hydrogen) atoms. The van der Waals surface area contributed by atoms with Crippen LogP contribution < -0.4 is 21.3 Å². The van der Waals surface area contributed by atoms with Gasteiger partial charge in [0.25, 0.3) is 20.2 Å². The highest BCUT2D eigenvalue weighted by Crippen LogP contribution is 2.46. The number of fused-ring (bicyclic) bond motifs is 2. The van der Waals surface area contributed by atoms with E-state index in [4.69, 9.17) is 21.0 Å². The molecular formula is C52H48N14O16S2. The Bertz CT molecular complexity index is 3990. The van der Waals surface area contributed by atoms with Gasteiger partial charge in [-0.3, -0.25) is 30.1 Å². The second-order valence-corrected chi connectivity index (χ2v) is 21.4. The lowest BCUT2D eigenvalue weighted by molar-refractivity contribution is -0.254. The van der Waals surface area contributed by atoms with Crippen LogP contribution in [-0.4, -0.2) is 87.1 Å². The van der Waals surface area contributed by atoms with Crippen LogP contribution in [0.25, 0.3) is 21.5 Å². The smallest absolute Gasteiger partial charge is 0.294 e. The van der Waals surface area contributed by atoms with Crippen LogP contribution in [0.3, 0.4) is 0 Å². The number of aromatic hydroxyl groups is 2. The first-order chi connectivity index (χ1) is 40.1. The largest absolute Gasteiger partial charge is 0.505 e. The molecule has 32 heteroatoms. The van der Waals surface area contributed by atoms with E-state index >= 15 is 0 Å². The summed E-state index contributed by atoms with van der Waals surface area (Å²) in [6.07, 6.45) is 0. The van der Waals surface area contributed by atoms with Gasteiger partial charge >= 0.3 is 0 Å². The number of nitrogens with one attached hydrogen (secondary N) is 4. The molecule has 2 aromatic heterocycles. The lowest BCUT2D eigenvalue weighted by atomic mass is 10.0. The van der Waals surface area contributed by atoms with Crippen LogP contribution in [0.5, 0.6) is 11.5 Å². The number of hydrogen-bond donors (Lipinski definition) is 12. The number of hydrogen-bond acceptors (Lipinski definition) is 28. The molecule has 434 valence electrons. The van der Waals surface area contributed by atoms with Crippen molar-refractivity contribution >= 4 is 111 Å². The maximum atomic E-state index is 12.5. The summed E-state index contributed by atoms with van der Waals surface area (Å²) in [7, 11) is -9.59. The number of aromatic nitrogens is 6. The molecule has 9 aromatic rings. The third-order valence-electron chi connectivity index (χ3n) is 12.2. The average Bonchev–Trinajstić information content (AvgIpc) is 3.61. The summed E-state index contributed by atoms with van der Waals surface area (Å²) >= 11 is 0. The van der Waals surface area contributed by atoms with Crippen LogP contribution in [0.4, 0.5) is 69.3 Å². The quantitative estimate of drug-likeness (QED) is 0.0130. The van der Waals surface area contributed by atoms with Crippen molar-refractivity contribution in [3.8, 4) is 11.5 Å². The Labute approximate surface area is 475 Å². The zero-order valence-electron chi connectivity index (χ0n) is 44.2. The van der Waals surface area contributed by atoms with Gasteiger partial charge in [0, 0.05) is 22.1 Å². The molecule has 0 bridgehead atoms. The lowest BCUT2D eigenvalue weighted by Gasteiger charge is -2.15. The van der Waals surface area contributed by atoms with Gasteiger partial charge in [0.05, 0.1) is 32.5 Å². The Hall–Kier alpha value is -9.42. The molecule has 0 atom stereocenters. The number of phenols is 2. The summed E-state index contributed by atoms with van der Waals surface area (Å²) in [5, 5.41) is 89.2. The van der Waals surface area contributed by atoms with E-state index < -0.39 is 41.5 Å². The monoisotopic (exact) mass is 1190 g/mol. The molecule has 12 N–H and O–H groups in total. The first-order valence-corrected chi connectivity index (χ1v) is 27.3. The van der Waals surface area contributed by atoms with Gasteiger partial charge in [0.1, 0.15) is 49.5 Å². The molecule has 7 aromatic carbocycles. The summed E-state index contributed by atoms with van der Waals surface area (Å²) in [6, 6.07) is 23.5. The van der Waals surface area contributed by atoms with E-state index in [9.17, 15) is 36.2 Å². The number of anilines is 8. The minimum absolute atomic E-state index is 0.0166. The van der Waals surface area contributed by atoms with Crippen LogP contribution in [0.2, 0.25) is 0 Å². The normalized spacial score (nSPS) is 12.0. The molecule has 0 aliphatic carbocycles. The molecular weight excluding hydrogens is 1140 g/mol. The molecule has 0 aliphatic heterocycles. The van der Waals surface area contributed by atoms with Crippen molar-refractivity contribution in [2.45, 2.75) is 63.9 Å². The molecule has 2 heterocycles. The molecule has 0 fully saturated rings. The Morgan fingerprint density at radius 1 is 0.429 bits per heavy atom. The number of phenolic OH excluding ortho intramolecular Hbond substituents is 2. The van der Waals surface area contributed by atoms with Gasteiger partial charge < -0.3 is 31.5 Å². The van der Waals surface area contributed by atoms with Crippen LogP contribution in [0, 0.1) is 27.7 Å². The van der Waals surface area contributed by atoms with E-state index in [0.29, 0.717) is 44.8 Å². The van der Waals surface area contributed by atoms with Crippen LogP contribution in [0.15, 0.2) is 127 Å². The first-order valence-electron chi connectivity index (χ1n) is 24.4. The van der Waals surface area contributed by atoms with Gasteiger partial charge in [-0.15, -0.1) is 10.2 Å². The van der Waals surface area contributed by atoms with Crippen molar-refractivity contribution < 1.29 is 76.7 Å². The summed E-state index contributed by atoms with van der Waals surface area (Å²) in [5.41, 5.74) is 3.85. The van der Waals surface area contributed by atoms with Crippen molar-refractivity contribution in [1.29, 1.82) is 0 Å². The van der Waals surface area contributed by atoms with Crippen molar-refractivity contribution in [2.24, 2.45) is 20.5 Å². The topological polar surface area (TPSA) is 442 Å². The van der Waals surface area contributed by atoms with Gasteiger partial charge in [-0.05, 0) is 157 Å². The minimum Gasteiger partial charge on any atom is -0.505 e. The predicted octanol–water partition coefficient (Wildman–Crippen LogP) is 11.3. The first kappa shape index (κ1) is 59.2. The van der Waals surface area contributed by atoms with Crippen molar-refractivity contribution in [1.82, 2.24) is 29.9 Å². The molecule has 0 saturated carbocycles. The Balaban J connectivity index is 0.963. The molecule has 0 unspecified atom stereocenters. The fourth-order valence-electron chi connectivity index (χ4n) is 8.76. The number of azo groups is 2. The van der Waals surface area contributed by atoms with Crippen molar-refractivity contribution in [3.05, 3.63) is 142 Å². The zero-order valence-corrected chi connectivity index (χ0v) is 45.8. The second-order valence-electron chi connectivity index (χ2n) is 18.5. The van der Waals surface area contributed by atoms with E-state index in [2.05, 4.69) is 91.2 Å². The number of aryl methyl sites for hydroxylation is 4. The lowest BCUT2D eigenvalue weighted by Crippen LogP contribution is -2.07. The van der Waals surface area contributed by atoms with Gasteiger partial charge in [0.2, 0.25) is 23.8 Å². The molecule has 0 amide bonds. The molecule has 0 radical (unpaired) electrons. The highest BCUT2D eigenvalue weighted by atomic mass is 32.2. The fraction of sp³-hybridized carbons (Fsp3) is 0.154. The number of rotatable bonds is 22. The van der Waals surface area contributed by atoms with E-state index in [1.165, 1.54) is 36.4 Å². The Morgan fingerprint density at radius 3 is 1.06 bits per heavy atom. The van der Waals surface area contributed by atoms with Gasteiger partial charge in [-0.2, -0.15) is 57.0 Å². The minimum atomic E-state index is -4.80. The number of benzene rings is 7. The molecule has 0 spiro atoms. The van der Waals surface area contributed by atoms with Crippen molar-refractivity contribution in [3.63, 3.8) is 0 Å². The third-order valence-corrected chi connectivity index (χ3v) is 13.9. The molecule has 9 rings (SSSR count). The predicted molar refractivity (Wildman–Crippen MR) is 300 cm³/mol. The van der Waals surface area contributed by atoms with Crippen LogP contribution in [-0.2, 0) is 66.2 Å². The fourth-order valence-corrected chi connectivity index (χ4v) is 9.85. The van der Waals surface area contributed by atoms with Crippen LogP contribution in [0.1, 0.15) is 45.0 Å². The number of nitrogens with zero attached hydrogens (tertiary/aromatic N) is 10. The van der Waals surface area contributed by atoms with Gasteiger partial charge in [-0.1, -0.05) is 12.1 Å². The van der Waals surface area contributed by atoms with E-state index in [0.717, 1.165) is 24.3 Å². The van der Waals surface area contributed by atoms with Crippen LogP contribution >= 0.6 is 0 Å². The SMILES string of the molecule is Cc1nc(Nc2ccc(Nc3nc(C)nc(Nc4cc(S(=O)(=O)O)cc5cc(C)c(N=Nc6cc(COO)cc(COO)c6)c(O)c45)n3)cc2)nc(Nc2cc(S(=O)(=O)O)cc3cc(C)c(N=Nc4cc(COO)cc(COO)c4)c(O)c23)n1. The highest BCUT2D eigenvalue weighted by molar-refractivity contribution is 7.86. The van der Waals surface area contributed by atoms with E-state index in [-0.39, 0.29) is 118 Å². The summed E-state index contributed by atoms with van der Waals surface area (Å²) in [5.74, 6) is -0.603. The third kappa shape index (κ3) is 14.1. The molecule has 0 aliphatic rings. The zero-order chi connectivity index (χ0) is 60.0. The van der Waals surface area contributed by atoms with Gasteiger partial charge in [-0.25, -0.2) is 19.6 Å². The summed E-state index contributed by atoms with van der Waals surface area (Å²) < 4.78 is 70.3. The molecule has 30 nitrogen and oxygen atoms in total. The second kappa shape index (κ2) is 25.0. The Kier molecular flexibility index (Phi) is 17.6.